The van der Waals surface area contributed by atoms with E-state index in [1.807, 2.05) is 44.3 Å². The molecule has 316 valence electrons. The summed E-state index contributed by atoms with van der Waals surface area (Å²) < 4.78 is 60.0. The van der Waals surface area contributed by atoms with Gasteiger partial charge in [0.05, 0.1) is 41.0 Å². The van der Waals surface area contributed by atoms with Crippen molar-refractivity contribution in [2.45, 2.75) is 185 Å². The quantitative estimate of drug-likeness (QED) is 0.0956. The Kier molecular flexibility index (Phi) is 20.8. The second-order valence-electron chi connectivity index (χ2n) is 14.2. The van der Waals surface area contributed by atoms with E-state index in [-0.39, 0.29) is 80.2 Å². The Balaban J connectivity index is 0.000000820. The van der Waals surface area contributed by atoms with Crippen LogP contribution < -0.4 is 0 Å². The van der Waals surface area contributed by atoms with Crippen LogP contribution in [0.4, 0.5) is 0 Å². The fourth-order valence-corrected chi connectivity index (χ4v) is 14.8. The molecule has 15 heteroatoms. The third kappa shape index (κ3) is 11.4. The van der Waals surface area contributed by atoms with Crippen molar-refractivity contribution >= 4 is 43.8 Å². The molecule has 53 heavy (non-hydrogen) atoms. The van der Waals surface area contributed by atoms with Crippen LogP contribution in [-0.2, 0) is 23.3 Å². The van der Waals surface area contributed by atoms with Gasteiger partial charge in [-0.1, -0.05) is 35.6 Å². The summed E-state index contributed by atoms with van der Waals surface area (Å²) in [6.45, 7) is 30.1. The van der Waals surface area contributed by atoms with E-state index in [0.29, 0.717) is 30.4 Å². The van der Waals surface area contributed by atoms with E-state index < -0.39 is 25.8 Å². The average molecular weight is 839 g/mol. The highest BCUT2D eigenvalue weighted by Crippen LogP contribution is 2.57. The van der Waals surface area contributed by atoms with Crippen LogP contribution in [0.2, 0.25) is 0 Å². The van der Waals surface area contributed by atoms with Crippen molar-refractivity contribution < 1.29 is 46.4 Å². The first-order chi connectivity index (χ1) is 25.7. The number of rotatable bonds is 11. The van der Waals surface area contributed by atoms with Crippen LogP contribution in [0.1, 0.15) is 107 Å². The number of nitrogens with zero attached hydrogens (tertiary/aromatic N) is 2. The number of fused-ring (bicyclic) bond motifs is 6. The fraction of sp³-hybridized carbons (Fsp3) is 0.974. The second kappa shape index (κ2) is 23.8. The van der Waals surface area contributed by atoms with E-state index >= 15 is 0 Å². The van der Waals surface area contributed by atoms with E-state index in [9.17, 15) is 10.2 Å². The van der Waals surface area contributed by atoms with Gasteiger partial charge in [0.15, 0.2) is 0 Å². The number of ether oxygens (including phenoxy) is 3. The molecule has 6 saturated heterocycles. The first-order valence-corrected chi connectivity index (χ1v) is 22.3. The van der Waals surface area contributed by atoms with E-state index in [1.54, 1.807) is 18.7 Å². The van der Waals surface area contributed by atoms with Gasteiger partial charge in [0.25, 0.3) is 8.53 Å². The summed E-state index contributed by atoms with van der Waals surface area (Å²) in [6, 6.07) is 0.543. The third-order valence-corrected chi connectivity index (χ3v) is 17.7. The highest BCUT2D eigenvalue weighted by Gasteiger charge is 2.61. The zero-order valence-electron chi connectivity index (χ0n) is 36.9. The summed E-state index contributed by atoms with van der Waals surface area (Å²) in [6.07, 6.45) is -1.11. The molecule has 4 unspecified atom stereocenters. The number of aliphatic hydroxyl groups is 4. The summed E-state index contributed by atoms with van der Waals surface area (Å²) >= 11 is 5.54. The molecule has 11 nitrogen and oxygen atoms in total. The van der Waals surface area contributed by atoms with Crippen molar-refractivity contribution in [3.63, 3.8) is 0 Å². The molecular weight excluding hydrogens is 756 g/mol. The normalized spacial score (nSPS) is 41.5. The van der Waals surface area contributed by atoms with Crippen molar-refractivity contribution in [3.05, 3.63) is 11.4 Å². The van der Waals surface area contributed by atoms with Gasteiger partial charge >= 0.3 is 0 Å². The minimum Gasteiger partial charge on any atom is -0.400 e. The lowest BCUT2D eigenvalue weighted by atomic mass is 9.86. The van der Waals surface area contributed by atoms with Crippen LogP contribution in [-0.4, -0.2) is 154 Å². The Morgan fingerprint density at radius 1 is 0.887 bits per heavy atom. The molecule has 0 amide bonds. The van der Waals surface area contributed by atoms with Crippen molar-refractivity contribution in [1.29, 1.82) is 2.86 Å². The topological polar surface area (TPSA) is 135 Å². The van der Waals surface area contributed by atoms with Gasteiger partial charge in [-0.25, -0.2) is 11.2 Å². The van der Waals surface area contributed by atoms with Crippen molar-refractivity contribution in [3.8, 4) is 0 Å². The van der Waals surface area contributed by atoms with Gasteiger partial charge in [0, 0.05) is 57.5 Å². The predicted molar refractivity (Wildman–Crippen MR) is 227 cm³/mol. The molecule has 0 radical (unpaired) electrons. The van der Waals surface area contributed by atoms with Crippen LogP contribution in [0.5, 0.6) is 0 Å². The number of hydrogen-bond donors (Lipinski definition) is 4. The summed E-state index contributed by atoms with van der Waals surface area (Å²) in [5.41, 5.74) is -1.37. The molecule has 16 atom stereocenters. The smallest absolute Gasteiger partial charge is 0.259 e. The van der Waals surface area contributed by atoms with Crippen LogP contribution in [0.25, 0.3) is 4.85 Å². The van der Waals surface area contributed by atoms with Crippen LogP contribution in [0.15, 0.2) is 0 Å². The molecule has 0 aromatic rings. The molecule has 6 aliphatic rings. The maximum absolute atomic E-state index is 9.85. The van der Waals surface area contributed by atoms with Gasteiger partial charge in [-0.15, -0.1) is 23.5 Å². The molecule has 6 fully saturated rings. The van der Waals surface area contributed by atoms with Gasteiger partial charge < -0.3 is 48.5 Å². The summed E-state index contributed by atoms with van der Waals surface area (Å²) in [7, 11) is 1.28. The molecule has 0 saturated carbocycles. The molecule has 6 heterocycles. The Morgan fingerprint density at radius 3 is 1.70 bits per heavy atom. The Morgan fingerprint density at radius 2 is 1.36 bits per heavy atom. The zero-order valence-corrected chi connectivity index (χ0v) is 36.3. The molecule has 0 aromatic heterocycles. The molecule has 4 N–H and O–H groups in total. The van der Waals surface area contributed by atoms with Gasteiger partial charge in [0.2, 0.25) is 9.41 Å². The highest BCUT2D eigenvalue weighted by atomic mass is 32.2. The van der Waals surface area contributed by atoms with Crippen LogP contribution in [0, 0.1) is 12.5 Å². The fourth-order valence-electron chi connectivity index (χ4n) is 7.81. The van der Waals surface area contributed by atoms with Crippen LogP contribution in [0.3, 0.4) is 0 Å². The lowest BCUT2D eigenvalue weighted by Crippen LogP contribution is -2.46. The lowest BCUT2D eigenvalue weighted by molar-refractivity contribution is -0.105. The SMILES string of the molecule is C.C.C[C@@H]1OC2([C@H](C)O)CS[C@@H]1[C@@H]2C.[2H][C@@H](C)C12CS[C@@H]([C@H](C)O1)[C@@H]2O.[2H][C@@H](C)C12CS[C@@H]([C@H](C)O1)[C@@H]2OP(OCC[N+]#[C-])N(C(C)C)C(C)C.[3H]OC.[3H]OC. The summed E-state index contributed by atoms with van der Waals surface area (Å²) in [5.74, 6) is 3.03. The Hall–Kier alpha value is 0.570. The average Bonchev–Trinajstić information content (AvgIpc) is 3.90. The second-order valence-corrected chi connectivity index (χ2v) is 19.1. The van der Waals surface area contributed by atoms with Crippen molar-refractivity contribution in [2.75, 3.05) is 44.6 Å². The summed E-state index contributed by atoms with van der Waals surface area (Å²) in [4.78, 5) is 3.39. The van der Waals surface area contributed by atoms with Gasteiger partial charge in [-0.3, -0.25) is 0 Å². The molecule has 6 rings (SSSR count). The predicted octanol–water partition coefficient (Wildman–Crippen LogP) is 7.13. The molecule has 0 aromatic carbocycles. The molecular formula is C38H77N2O9PS3. The lowest BCUT2D eigenvalue weighted by Gasteiger charge is -2.38. The van der Waals surface area contributed by atoms with E-state index in [0.717, 1.165) is 17.3 Å². The molecule has 6 bridgehead atoms. The minimum absolute atomic E-state index is 0. The van der Waals surface area contributed by atoms with Gasteiger partial charge in [0.1, 0.15) is 29.5 Å². The Bertz CT molecular complexity index is 1140. The number of aliphatic hydroxyl groups excluding tert-OH is 4. The van der Waals surface area contributed by atoms with Crippen molar-refractivity contribution in [1.82, 2.24) is 4.67 Å². The van der Waals surface area contributed by atoms with E-state index in [1.165, 1.54) is 14.2 Å². The number of thioether (sulfide) groups is 3. The maximum Gasteiger partial charge on any atom is 0.259 e. The molecule has 0 spiro atoms. The van der Waals surface area contributed by atoms with Gasteiger partial charge in [-0.2, -0.15) is 11.8 Å². The first kappa shape index (κ1) is 46.3. The van der Waals surface area contributed by atoms with Crippen molar-refractivity contribution in [2.24, 2.45) is 5.92 Å². The van der Waals surface area contributed by atoms with Crippen LogP contribution >= 0.6 is 43.8 Å². The molecule has 6 aliphatic heterocycles. The van der Waals surface area contributed by atoms with E-state index in [2.05, 4.69) is 68.2 Å². The van der Waals surface area contributed by atoms with E-state index in [4.69, 9.17) is 35.4 Å². The molecule has 0 aliphatic carbocycles. The van der Waals surface area contributed by atoms with Gasteiger partial charge in [-0.05, 0) is 68.2 Å². The summed E-state index contributed by atoms with van der Waals surface area (Å²) in [5, 5.41) is 27.6. The number of hydrogen-bond acceptors (Lipinski definition) is 13. The minimum atomic E-state index is -1.30. The third-order valence-electron chi connectivity index (χ3n) is 10.5. The standard InChI is InChI=1S/C17H31N2O3PS.C9H16O2S.C8H14O2S.2CH4O.2CH4/c1-8-17-11-24-15(14(6)21-17)16(17)22-23(20-10-9-18-7)19(12(2)3)13(4)5;1-5-8-6(2)11-9(5,4-12-8)7(3)10;1-3-8-4-11-6(7(8)9)5(2)10-8;2*1-2;;/h12-16H,8-11H2,1-6H3;5-8,10H,4H2,1-3H3;5-7,9H,3-4H2,1-2H3;2*2H,1H3;2*1H4/t14-,15-,16-,17?,23?;5-,6-,7-,8+,9?;5-,6-,7-,8?;;;;/m000..../s1/i8D;;3D;2*2T;;/t8-,14-,15-,16-,17?,23?;;3-,5-,6-,7-,8?;;;;. The first-order valence-electron chi connectivity index (χ1n) is 20.0. The highest BCUT2D eigenvalue weighted by molar-refractivity contribution is 8.00. The largest absolute Gasteiger partial charge is 0.400 e. The maximum atomic E-state index is 9.85. The Labute approximate surface area is 343 Å². The zero-order chi connectivity index (χ0) is 42.1. The monoisotopic (exact) mass is 838 g/mol.